The molecule has 1 aliphatic rings. The van der Waals surface area contributed by atoms with Crippen LogP contribution in [-0.2, 0) is 4.74 Å². The molecule has 1 saturated heterocycles. The summed E-state index contributed by atoms with van der Waals surface area (Å²) in [6, 6.07) is 9.83. The molecule has 1 fully saturated rings. The zero-order chi connectivity index (χ0) is 18.5. The maximum absolute atomic E-state index is 9.88. The summed E-state index contributed by atoms with van der Waals surface area (Å²) in [4.78, 5) is 6.74. The molecule has 1 aliphatic heterocycles. The summed E-state index contributed by atoms with van der Waals surface area (Å²) in [5, 5.41) is 18.0. The van der Waals surface area contributed by atoms with Gasteiger partial charge in [-0.1, -0.05) is 12.1 Å². The molecule has 0 amide bonds. The summed E-state index contributed by atoms with van der Waals surface area (Å²) >= 11 is 1.42. The number of nitrogens with zero attached hydrogens (tertiary/aromatic N) is 3. The highest BCUT2D eigenvalue weighted by atomic mass is 32.1. The molecule has 0 atom stereocenters. The zero-order valence-electron chi connectivity index (χ0n) is 14.4. The molecule has 26 heavy (non-hydrogen) atoms. The van der Waals surface area contributed by atoms with Crippen molar-refractivity contribution in [3.05, 3.63) is 34.7 Å². The van der Waals surface area contributed by atoms with E-state index in [1.165, 1.54) is 11.3 Å². The van der Waals surface area contributed by atoms with E-state index in [2.05, 4.69) is 16.0 Å². The predicted octanol–water partition coefficient (Wildman–Crippen LogP) is 2.44. The topological polar surface area (TPSA) is 108 Å². The monoisotopic (exact) mass is 369 g/mol. The molecule has 8 heteroatoms. The number of benzene rings is 1. The van der Waals surface area contributed by atoms with Crippen molar-refractivity contribution in [3.8, 4) is 22.9 Å². The molecule has 0 radical (unpaired) electrons. The third-order valence-corrected chi connectivity index (χ3v) is 5.37. The molecule has 0 unspecified atom stereocenters. The minimum absolute atomic E-state index is 0.221. The number of hydrogen-bond donors (Lipinski definition) is 2. The Kier molecular flexibility index (Phi) is 5.51. The Bertz CT molecular complexity index is 878. The smallest absolute Gasteiger partial charge is 0.143 e. The van der Waals surface area contributed by atoms with Gasteiger partial charge in [0, 0.05) is 18.7 Å². The van der Waals surface area contributed by atoms with Crippen LogP contribution in [-0.4, -0.2) is 45.6 Å². The van der Waals surface area contributed by atoms with E-state index in [1.54, 1.807) is 7.11 Å². The van der Waals surface area contributed by atoms with E-state index in [9.17, 15) is 5.26 Å². The molecule has 3 rings (SSSR count). The van der Waals surface area contributed by atoms with E-state index in [0.29, 0.717) is 42.5 Å². The Balaban J connectivity index is 2.22. The second-order valence-electron chi connectivity index (χ2n) is 5.57. The van der Waals surface area contributed by atoms with Crippen LogP contribution in [0.5, 0.6) is 5.75 Å². The Labute approximate surface area is 155 Å². The van der Waals surface area contributed by atoms with Crippen molar-refractivity contribution in [3.63, 3.8) is 0 Å². The van der Waals surface area contributed by atoms with Crippen molar-refractivity contribution in [2.24, 2.45) is 10.7 Å². The van der Waals surface area contributed by atoms with E-state index in [0.717, 1.165) is 22.5 Å². The minimum Gasteiger partial charge on any atom is -0.497 e. The molecule has 0 saturated carbocycles. The average molecular weight is 369 g/mol. The highest BCUT2D eigenvalue weighted by Gasteiger charge is 2.26. The van der Waals surface area contributed by atoms with Gasteiger partial charge in [-0.3, -0.25) is 5.41 Å². The Hall–Kier alpha value is -2.89. The third kappa shape index (κ3) is 3.40. The van der Waals surface area contributed by atoms with Gasteiger partial charge < -0.3 is 20.1 Å². The van der Waals surface area contributed by atoms with Crippen LogP contribution in [0.3, 0.4) is 0 Å². The standard InChI is InChI=1S/C18H19N5O2S/c1-24-13-4-2-3-12(9-13)15-14(10-19)18(23-5-7-25-8-6-23)26-16(15)17(21)22-11-20/h2-4,9,11H,5-8H2,1H3,(H3,20,21,22). The van der Waals surface area contributed by atoms with Crippen molar-refractivity contribution in [1.82, 2.24) is 0 Å². The van der Waals surface area contributed by atoms with Gasteiger partial charge in [0.05, 0.1) is 30.8 Å². The molecule has 2 aromatic rings. The van der Waals surface area contributed by atoms with Gasteiger partial charge in [0.25, 0.3) is 0 Å². The molecule has 3 N–H and O–H groups in total. The van der Waals surface area contributed by atoms with E-state index in [4.69, 9.17) is 20.6 Å². The van der Waals surface area contributed by atoms with Gasteiger partial charge in [-0.25, -0.2) is 4.99 Å². The maximum atomic E-state index is 9.88. The van der Waals surface area contributed by atoms with Crippen LogP contribution in [0.25, 0.3) is 11.1 Å². The Morgan fingerprint density at radius 3 is 2.88 bits per heavy atom. The first-order chi connectivity index (χ1) is 12.7. The molecule has 1 aromatic heterocycles. The van der Waals surface area contributed by atoms with Crippen molar-refractivity contribution in [2.75, 3.05) is 38.3 Å². The lowest BCUT2D eigenvalue weighted by atomic mass is 10.0. The van der Waals surface area contributed by atoms with Gasteiger partial charge in [0.2, 0.25) is 0 Å². The lowest BCUT2D eigenvalue weighted by Crippen LogP contribution is -2.36. The van der Waals surface area contributed by atoms with Crippen molar-refractivity contribution in [2.45, 2.75) is 0 Å². The number of nitrogens with two attached hydrogens (primary N) is 1. The number of amidine groups is 1. The molecule has 7 nitrogen and oxygen atoms in total. The van der Waals surface area contributed by atoms with Gasteiger partial charge in [-0.05, 0) is 17.7 Å². The van der Waals surface area contributed by atoms with Crippen LogP contribution in [0.4, 0.5) is 5.00 Å². The summed E-state index contributed by atoms with van der Waals surface area (Å²) in [6.07, 6.45) is 0.908. The molecular weight excluding hydrogens is 350 g/mol. The second kappa shape index (κ2) is 7.99. The molecule has 1 aromatic carbocycles. The number of ether oxygens (including phenoxy) is 2. The first-order valence-electron chi connectivity index (χ1n) is 8.06. The number of nitriles is 1. The van der Waals surface area contributed by atoms with E-state index >= 15 is 0 Å². The summed E-state index contributed by atoms with van der Waals surface area (Å²) in [5.41, 5.74) is 8.22. The summed E-state index contributed by atoms with van der Waals surface area (Å²) in [6.45, 7) is 2.68. The number of rotatable bonds is 5. The predicted molar refractivity (Wildman–Crippen MR) is 104 cm³/mol. The number of aliphatic imine (C=N–C) groups is 1. The second-order valence-corrected chi connectivity index (χ2v) is 6.57. The first kappa shape index (κ1) is 17.9. The lowest BCUT2D eigenvalue weighted by molar-refractivity contribution is 0.123. The Morgan fingerprint density at radius 2 is 2.23 bits per heavy atom. The quantitative estimate of drug-likeness (QED) is 0.622. The summed E-state index contributed by atoms with van der Waals surface area (Å²) in [7, 11) is 1.60. The van der Waals surface area contributed by atoms with Gasteiger partial charge in [0.1, 0.15) is 29.0 Å². The number of nitrogens with one attached hydrogen (secondary N) is 1. The van der Waals surface area contributed by atoms with Gasteiger partial charge in [-0.2, -0.15) is 5.26 Å². The van der Waals surface area contributed by atoms with Gasteiger partial charge in [-0.15, -0.1) is 11.3 Å². The Morgan fingerprint density at radius 1 is 1.46 bits per heavy atom. The van der Waals surface area contributed by atoms with Crippen LogP contribution in [0.2, 0.25) is 0 Å². The van der Waals surface area contributed by atoms with Crippen LogP contribution in [0.1, 0.15) is 10.4 Å². The number of methoxy groups -OCH3 is 1. The van der Waals surface area contributed by atoms with Crippen LogP contribution in [0.15, 0.2) is 29.3 Å². The average Bonchev–Trinajstić information content (AvgIpc) is 3.08. The van der Waals surface area contributed by atoms with Gasteiger partial charge in [0.15, 0.2) is 0 Å². The summed E-state index contributed by atoms with van der Waals surface area (Å²) in [5.74, 6) is 0.915. The fraction of sp³-hybridized carbons (Fsp3) is 0.278. The number of thiophene rings is 1. The molecule has 2 heterocycles. The maximum Gasteiger partial charge on any atom is 0.143 e. The fourth-order valence-electron chi connectivity index (χ4n) is 2.87. The van der Waals surface area contributed by atoms with Crippen molar-refractivity contribution >= 4 is 28.5 Å². The van der Waals surface area contributed by atoms with Crippen molar-refractivity contribution < 1.29 is 9.47 Å². The van der Waals surface area contributed by atoms with E-state index < -0.39 is 0 Å². The van der Waals surface area contributed by atoms with Crippen LogP contribution < -0.4 is 15.4 Å². The van der Waals surface area contributed by atoms with Crippen molar-refractivity contribution in [1.29, 1.82) is 10.7 Å². The highest BCUT2D eigenvalue weighted by Crippen LogP contribution is 2.42. The highest BCUT2D eigenvalue weighted by molar-refractivity contribution is 7.19. The zero-order valence-corrected chi connectivity index (χ0v) is 15.2. The van der Waals surface area contributed by atoms with Crippen LogP contribution in [0, 0.1) is 16.7 Å². The number of morpholine rings is 1. The molecule has 0 bridgehead atoms. The minimum atomic E-state index is 0.221. The van der Waals surface area contributed by atoms with E-state index in [-0.39, 0.29) is 5.84 Å². The molecular formula is C18H19N5O2S. The molecule has 134 valence electrons. The number of hydrogen-bond acceptors (Lipinski definition) is 6. The summed E-state index contributed by atoms with van der Waals surface area (Å²) < 4.78 is 10.7. The number of anilines is 1. The molecule has 0 spiro atoms. The van der Waals surface area contributed by atoms with Crippen LogP contribution >= 0.6 is 11.3 Å². The largest absolute Gasteiger partial charge is 0.497 e. The lowest BCUT2D eigenvalue weighted by Gasteiger charge is -2.27. The molecule has 0 aliphatic carbocycles. The van der Waals surface area contributed by atoms with Gasteiger partial charge >= 0.3 is 0 Å². The first-order valence-corrected chi connectivity index (χ1v) is 8.87. The normalized spacial score (nSPS) is 14.8. The third-order valence-electron chi connectivity index (χ3n) is 4.09. The van der Waals surface area contributed by atoms with E-state index in [1.807, 2.05) is 24.3 Å². The SMILES string of the molecule is COc1cccc(-c2c(C(N)=NC=N)sc(N3CCOCC3)c2C#N)c1. The fourth-order valence-corrected chi connectivity index (χ4v) is 4.11.